The van der Waals surface area contributed by atoms with Crippen LogP contribution in [0.2, 0.25) is 0 Å². The highest BCUT2D eigenvalue weighted by Crippen LogP contribution is 2.11. The van der Waals surface area contributed by atoms with Gasteiger partial charge in [-0.25, -0.2) is 4.79 Å². The highest BCUT2D eigenvalue weighted by atomic mass is 32.1. The van der Waals surface area contributed by atoms with Gasteiger partial charge in [0.05, 0.1) is 24.1 Å². The summed E-state index contributed by atoms with van der Waals surface area (Å²) in [5.41, 5.74) is -0.438. The van der Waals surface area contributed by atoms with Gasteiger partial charge in [0.25, 0.3) is 5.56 Å². The molecule has 7 heteroatoms. The fourth-order valence-corrected chi connectivity index (χ4v) is 3.25. The summed E-state index contributed by atoms with van der Waals surface area (Å²) in [7, 11) is 0. The average molecular weight is 344 g/mol. The summed E-state index contributed by atoms with van der Waals surface area (Å²) in [6, 6.07) is 10.5. The highest BCUT2D eigenvalue weighted by molar-refractivity contribution is 7.09. The zero-order chi connectivity index (χ0) is 17.1. The van der Waals surface area contributed by atoms with Crippen molar-refractivity contribution in [3.8, 4) is 0 Å². The number of fused-ring (bicyclic) bond motifs is 1. The lowest BCUT2D eigenvalue weighted by Crippen LogP contribution is -2.41. The molecule has 6 nitrogen and oxygen atoms in total. The smallest absolute Gasteiger partial charge is 0.332 e. The summed E-state index contributed by atoms with van der Waals surface area (Å²) in [6.45, 7) is 1.90. The summed E-state index contributed by atoms with van der Waals surface area (Å²) in [5.74, 6) is -0.508. The van der Waals surface area contributed by atoms with Crippen molar-refractivity contribution in [3.63, 3.8) is 0 Å². The molecular formula is C17H16N2O4S. The summed E-state index contributed by atoms with van der Waals surface area (Å²) in [6.07, 6.45) is 0. The van der Waals surface area contributed by atoms with Crippen molar-refractivity contribution in [2.24, 2.45) is 0 Å². The fraction of sp³-hybridized carbons (Fsp3) is 0.235. The van der Waals surface area contributed by atoms with Gasteiger partial charge >= 0.3 is 11.7 Å². The number of aromatic nitrogens is 2. The second-order valence-electron chi connectivity index (χ2n) is 5.16. The number of carbonyl (C=O) groups is 1. The number of esters is 1. The number of para-hydroxylation sites is 1. The maximum absolute atomic E-state index is 12.8. The van der Waals surface area contributed by atoms with Crippen LogP contribution in [0.5, 0.6) is 0 Å². The Hall–Kier alpha value is -2.67. The molecule has 0 amide bonds. The van der Waals surface area contributed by atoms with Crippen molar-refractivity contribution in [1.29, 1.82) is 0 Å². The third-order valence-electron chi connectivity index (χ3n) is 3.62. The zero-order valence-corrected chi connectivity index (χ0v) is 13.9. The van der Waals surface area contributed by atoms with Crippen LogP contribution in [0.3, 0.4) is 0 Å². The van der Waals surface area contributed by atoms with Crippen LogP contribution in [-0.2, 0) is 22.6 Å². The molecule has 0 saturated carbocycles. The number of nitrogens with zero attached hydrogens (tertiary/aromatic N) is 2. The number of carbonyl (C=O) groups excluding carboxylic acids is 1. The fourth-order valence-electron chi connectivity index (χ4n) is 2.56. The predicted octanol–water partition coefficient (Wildman–Crippen LogP) is 1.84. The van der Waals surface area contributed by atoms with Gasteiger partial charge in [-0.1, -0.05) is 18.2 Å². The Labute approximate surface area is 141 Å². The van der Waals surface area contributed by atoms with Gasteiger partial charge < -0.3 is 4.74 Å². The van der Waals surface area contributed by atoms with Crippen molar-refractivity contribution >= 4 is 28.2 Å². The quantitative estimate of drug-likeness (QED) is 0.662. The summed E-state index contributed by atoms with van der Waals surface area (Å²) in [4.78, 5) is 38.2. The minimum absolute atomic E-state index is 0.184. The molecule has 0 atom stereocenters. The minimum atomic E-state index is -0.514. The average Bonchev–Trinajstić information content (AvgIpc) is 3.09. The second kappa shape index (κ2) is 6.84. The van der Waals surface area contributed by atoms with E-state index in [0.29, 0.717) is 10.9 Å². The summed E-state index contributed by atoms with van der Waals surface area (Å²) in [5, 5.41) is 2.29. The van der Waals surface area contributed by atoms with Gasteiger partial charge in [0.1, 0.15) is 6.54 Å². The summed E-state index contributed by atoms with van der Waals surface area (Å²) >= 11 is 1.47. The standard InChI is InChI=1S/C17H16N2O4S/c1-2-23-15(20)11-18-14-8-4-3-7-13(14)16(21)19(17(18)22)10-12-6-5-9-24-12/h3-9H,2,10-11H2,1H3. The Bertz CT molecular complexity index is 986. The van der Waals surface area contributed by atoms with E-state index >= 15 is 0 Å². The molecule has 0 N–H and O–H groups in total. The zero-order valence-electron chi connectivity index (χ0n) is 13.1. The van der Waals surface area contributed by atoms with Crippen molar-refractivity contribution in [2.75, 3.05) is 6.61 Å². The van der Waals surface area contributed by atoms with Crippen LogP contribution in [0.1, 0.15) is 11.8 Å². The first-order valence-electron chi connectivity index (χ1n) is 7.52. The Morgan fingerprint density at radius 1 is 1.12 bits per heavy atom. The number of thiophene rings is 1. The molecule has 0 spiro atoms. The van der Waals surface area contributed by atoms with E-state index in [1.54, 1.807) is 31.2 Å². The van der Waals surface area contributed by atoms with Gasteiger partial charge in [-0.2, -0.15) is 0 Å². The molecule has 3 rings (SSSR count). The maximum Gasteiger partial charge on any atom is 0.332 e. The molecule has 3 aromatic rings. The molecule has 0 aliphatic carbocycles. The van der Waals surface area contributed by atoms with Crippen molar-refractivity contribution < 1.29 is 9.53 Å². The molecular weight excluding hydrogens is 328 g/mol. The first-order chi connectivity index (χ1) is 11.6. The largest absolute Gasteiger partial charge is 0.465 e. The van der Waals surface area contributed by atoms with E-state index in [0.717, 1.165) is 9.44 Å². The van der Waals surface area contributed by atoms with Gasteiger partial charge in [-0.15, -0.1) is 11.3 Å². The van der Waals surface area contributed by atoms with Gasteiger partial charge in [0.15, 0.2) is 0 Å². The Balaban J connectivity index is 2.19. The molecule has 0 radical (unpaired) electrons. The molecule has 0 saturated heterocycles. The van der Waals surface area contributed by atoms with Crippen molar-refractivity contribution in [1.82, 2.24) is 9.13 Å². The Morgan fingerprint density at radius 3 is 2.62 bits per heavy atom. The first-order valence-corrected chi connectivity index (χ1v) is 8.40. The molecule has 0 aliphatic heterocycles. The van der Waals surface area contributed by atoms with E-state index in [1.807, 2.05) is 17.5 Å². The Kier molecular flexibility index (Phi) is 4.61. The molecule has 0 fully saturated rings. The van der Waals surface area contributed by atoms with Crippen LogP contribution >= 0.6 is 11.3 Å². The van der Waals surface area contributed by atoms with Gasteiger partial charge in [0, 0.05) is 4.88 Å². The molecule has 124 valence electrons. The lowest BCUT2D eigenvalue weighted by molar-refractivity contribution is -0.143. The minimum Gasteiger partial charge on any atom is -0.465 e. The van der Waals surface area contributed by atoms with Crippen LogP contribution in [0.25, 0.3) is 10.9 Å². The lowest BCUT2D eigenvalue weighted by atomic mass is 10.2. The third-order valence-corrected chi connectivity index (χ3v) is 4.48. The second-order valence-corrected chi connectivity index (χ2v) is 6.19. The number of hydrogen-bond donors (Lipinski definition) is 0. The highest BCUT2D eigenvalue weighted by Gasteiger charge is 2.16. The first kappa shape index (κ1) is 16.2. The Morgan fingerprint density at radius 2 is 1.92 bits per heavy atom. The molecule has 2 aromatic heterocycles. The van der Waals surface area contributed by atoms with Crippen LogP contribution < -0.4 is 11.2 Å². The third kappa shape index (κ3) is 3.03. The summed E-state index contributed by atoms with van der Waals surface area (Å²) < 4.78 is 7.40. The number of hydrogen-bond acceptors (Lipinski definition) is 5. The van der Waals surface area contributed by atoms with Gasteiger partial charge in [0.2, 0.25) is 0 Å². The van der Waals surface area contributed by atoms with Gasteiger partial charge in [-0.05, 0) is 30.5 Å². The number of ether oxygens (including phenoxy) is 1. The molecule has 2 heterocycles. The molecule has 24 heavy (non-hydrogen) atoms. The van der Waals surface area contributed by atoms with E-state index in [4.69, 9.17) is 4.74 Å². The van der Waals surface area contributed by atoms with Crippen LogP contribution in [0.4, 0.5) is 0 Å². The van der Waals surface area contributed by atoms with E-state index < -0.39 is 11.7 Å². The van der Waals surface area contributed by atoms with E-state index in [1.165, 1.54) is 15.9 Å². The van der Waals surface area contributed by atoms with Crippen molar-refractivity contribution in [3.05, 3.63) is 67.5 Å². The van der Waals surface area contributed by atoms with E-state index in [2.05, 4.69) is 0 Å². The molecule has 0 aliphatic rings. The van der Waals surface area contributed by atoms with E-state index in [9.17, 15) is 14.4 Å². The van der Waals surface area contributed by atoms with Crippen LogP contribution in [-0.4, -0.2) is 21.7 Å². The molecule has 1 aromatic carbocycles. The topological polar surface area (TPSA) is 70.3 Å². The van der Waals surface area contributed by atoms with E-state index in [-0.39, 0.29) is 25.3 Å². The van der Waals surface area contributed by atoms with Crippen molar-refractivity contribution in [2.45, 2.75) is 20.0 Å². The maximum atomic E-state index is 12.8. The number of benzene rings is 1. The number of rotatable bonds is 5. The molecule has 0 bridgehead atoms. The predicted molar refractivity (Wildman–Crippen MR) is 92.5 cm³/mol. The lowest BCUT2D eigenvalue weighted by Gasteiger charge is -2.13. The normalized spacial score (nSPS) is 10.9. The van der Waals surface area contributed by atoms with Gasteiger partial charge in [-0.3, -0.25) is 18.7 Å². The SMILES string of the molecule is CCOC(=O)Cn1c(=O)n(Cc2cccs2)c(=O)c2ccccc21. The van der Waals surface area contributed by atoms with Crippen LogP contribution in [0.15, 0.2) is 51.4 Å². The van der Waals surface area contributed by atoms with Crippen LogP contribution in [0, 0.1) is 0 Å². The molecule has 0 unspecified atom stereocenters. The monoisotopic (exact) mass is 344 g/mol.